The largest absolute Gasteiger partial charge is 0.497 e. The zero-order chi connectivity index (χ0) is 17.8. The molecule has 3 atom stereocenters. The summed E-state index contributed by atoms with van der Waals surface area (Å²) in [4.78, 5) is 16.8. The lowest BCUT2D eigenvalue weighted by atomic mass is 10.0. The fourth-order valence-electron chi connectivity index (χ4n) is 4.65. The summed E-state index contributed by atoms with van der Waals surface area (Å²) in [6.45, 7) is 6.16. The zero-order valence-corrected chi connectivity index (χ0v) is 15.0. The predicted molar refractivity (Wildman–Crippen MR) is 90.5 cm³/mol. The molecule has 1 spiro atoms. The van der Waals surface area contributed by atoms with E-state index in [1.165, 1.54) is 13.2 Å². The van der Waals surface area contributed by atoms with E-state index in [1.807, 2.05) is 4.90 Å². The number of hydrogen-bond donors (Lipinski definition) is 0. The first-order valence-electron chi connectivity index (χ1n) is 8.99. The van der Waals surface area contributed by atoms with E-state index in [1.54, 1.807) is 12.1 Å². The Bertz CT molecular complexity index is 695. The number of nitrogens with zero attached hydrogens (tertiary/aromatic N) is 2. The van der Waals surface area contributed by atoms with Crippen molar-refractivity contribution in [2.45, 2.75) is 51.0 Å². The summed E-state index contributed by atoms with van der Waals surface area (Å²) in [7, 11) is 1.53. The van der Waals surface area contributed by atoms with Crippen molar-refractivity contribution in [1.29, 1.82) is 0 Å². The molecule has 0 aromatic heterocycles. The lowest BCUT2D eigenvalue weighted by molar-refractivity contribution is -0.139. The summed E-state index contributed by atoms with van der Waals surface area (Å²) in [6, 6.07) is 5.10. The standard InChI is InChI=1S/C19H25FN2O3/c1-12(2)16-11-25-19-6-7-21(17(19)9-18(23)22(16)19)10-13-4-5-14(24-3)8-15(13)20/h4-5,8,12,16-17H,6-7,9-11H2,1-3H3/t16-,17+,19-/m0/s1. The number of rotatable bonds is 4. The molecule has 1 aromatic rings. The Hall–Kier alpha value is -1.66. The maximum atomic E-state index is 14.3. The van der Waals surface area contributed by atoms with Gasteiger partial charge in [0.15, 0.2) is 5.72 Å². The van der Waals surface area contributed by atoms with Crippen LogP contribution in [0.5, 0.6) is 5.75 Å². The molecule has 3 heterocycles. The molecule has 3 aliphatic rings. The van der Waals surface area contributed by atoms with Crippen molar-refractivity contribution in [3.63, 3.8) is 0 Å². The molecule has 136 valence electrons. The molecule has 5 nitrogen and oxygen atoms in total. The van der Waals surface area contributed by atoms with Crippen molar-refractivity contribution < 1.29 is 18.7 Å². The van der Waals surface area contributed by atoms with Crippen LogP contribution < -0.4 is 4.74 Å². The predicted octanol–water partition coefficient (Wildman–Crippen LogP) is 2.39. The number of carbonyl (C=O) groups excluding carboxylic acids is 1. The Morgan fingerprint density at radius 2 is 2.24 bits per heavy atom. The van der Waals surface area contributed by atoms with Gasteiger partial charge in [0.1, 0.15) is 11.6 Å². The van der Waals surface area contributed by atoms with Gasteiger partial charge < -0.3 is 14.4 Å². The summed E-state index contributed by atoms with van der Waals surface area (Å²) in [5.74, 6) is 0.783. The maximum Gasteiger partial charge on any atom is 0.226 e. The van der Waals surface area contributed by atoms with Gasteiger partial charge in [0.05, 0.1) is 25.8 Å². The van der Waals surface area contributed by atoms with Crippen LogP contribution in [0.1, 0.15) is 32.3 Å². The van der Waals surface area contributed by atoms with Crippen LogP contribution in [0.25, 0.3) is 0 Å². The van der Waals surface area contributed by atoms with Gasteiger partial charge >= 0.3 is 0 Å². The number of likely N-dealkylation sites (tertiary alicyclic amines) is 1. The molecule has 1 amide bonds. The number of halogens is 1. The molecule has 3 saturated heterocycles. The van der Waals surface area contributed by atoms with Crippen molar-refractivity contribution >= 4 is 5.91 Å². The van der Waals surface area contributed by atoms with Gasteiger partial charge in [-0.25, -0.2) is 4.39 Å². The van der Waals surface area contributed by atoms with Gasteiger partial charge in [-0.1, -0.05) is 19.9 Å². The average molecular weight is 348 g/mol. The van der Waals surface area contributed by atoms with Crippen molar-refractivity contribution in [2.75, 3.05) is 20.3 Å². The van der Waals surface area contributed by atoms with Gasteiger partial charge in [-0.15, -0.1) is 0 Å². The minimum Gasteiger partial charge on any atom is -0.497 e. The van der Waals surface area contributed by atoms with Gasteiger partial charge in [0.25, 0.3) is 0 Å². The third kappa shape index (κ3) is 2.46. The molecule has 0 aliphatic carbocycles. The fraction of sp³-hybridized carbons (Fsp3) is 0.632. The summed E-state index contributed by atoms with van der Waals surface area (Å²) in [6.07, 6.45) is 1.26. The number of benzene rings is 1. The quantitative estimate of drug-likeness (QED) is 0.838. The highest BCUT2D eigenvalue weighted by Gasteiger charge is 2.64. The first kappa shape index (κ1) is 16.8. The van der Waals surface area contributed by atoms with Crippen LogP contribution >= 0.6 is 0 Å². The molecule has 1 aromatic carbocycles. The summed E-state index contributed by atoms with van der Waals surface area (Å²) >= 11 is 0. The SMILES string of the molecule is COc1ccc(CN2CC[C@@]34OC[C@@H](C(C)C)N3C(=O)C[C@@H]24)c(F)c1. The average Bonchev–Trinajstić information content (AvgIpc) is 3.20. The van der Waals surface area contributed by atoms with E-state index in [0.29, 0.717) is 36.8 Å². The molecule has 3 fully saturated rings. The van der Waals surface area contributed by atoms with Crippen LogP contribution in [-0.2, 0) is 16.1 Å². The maximum absolute atomic E-state index is 14.3. The van der Waals surface area contributed by atoms with Crippen molar-refractivity contribution in [3.05, 3.63) is 29.6 Å². The molecule has 0 radical (unpaired) electrons. The number of hydrogen-bond acceptors (Lipinski definition) is 4. The molecule has 0 bridgehead atoms. The van der Waals surface area contributed by atoms with E-state index < -0.39 is 5.72 Å². The van der Waals surface area contributed by atoms with E-state index in [-0.39, 0.29) is 23.8 Å². The van der Waals surface area contributed by atoms with Crippen molar-refractivity contribution in [1.82, 2.24) is 9.80 Å². The second-order valence-corrected chi connectivity index (χ2v) is 7.63. The molecule has 3 aliphatic heterocycles. The van der Waals surface area contributed by atoms with Crippen LogP contribution in [-0.4, -0.2) is 53.8 Å². The van der Waals surface area contributed by atoms with Crippen LogP contribution in [0.3, 0.4) is 0 Å². The Balaban J connectivity index is 1.57. The van der Waals surface area contributed by atoms with Gasteiger partial charge in [0, 0.05) is 37.6 Å². The Morgan fingerprint density at radius 3 is 2.92 bits per heavy atom. The Morgan fingerprint density at radius 1 is 1.44 bits per heavy atom. The fourth-order valence-corrected chi connectivity index (χ4v) is 4.65. The number of amides is 1. The lowest BCUT2D eigenvalue weighted by Gasteiger charge is -2.34. The molecular formula is C19H25FN2O3. The molecule has 25 heavy (non-hydrogen) atoms. The van der Waals surface area contributed by atoms with Crippen LogP contribution in [0.4, 0.5) is 4.39 Å². The lowest BCUT2D eigenvalue weighted by Crippen LogP contribution is -2.50. The summed E-state index contributed by atoms with van der Waals surface area (Å²) in [5, 5.41) is 0. The smallest absolute Gasteiger partial charge is 0.226 e. The molecule has 0 unspecified atom stereocenters. The highest BCUT2D eigenvalue weighted by atomic mass is 19.1. The zero-order valence-electron chi connectivity index (χ0n) is 15.0. The summed E-state index contributed by atoms with van der Waals surface area (Å²) < 4.78 is 25.6. The minimum absolute atomic E-state index is 0.00486. The van der Waals surface area contributed by atoms with E-state index in [0.717, 1.165) is 13.0 Å². The van der Waals surface area contributed by atoms with Gasteiger partial charge in [-0.3, -0.25) is 9.69 Å². The molecule has 4 rings (SSSR count). The normalized spacial score (nSPS) is 31.7. The highest BCUT2D eigenvalue weighted by molar-refractivity contribution is 5.82. The topological polar surface area (TPSA) is 42.0 Å². The molecule has 0 saturated carbocycles. The molecule has 0 N–H and O–H groups in total. The van der Waals surface area contributed by atoms with Gasteiger partial charge in [-0.2, -0.15) is 0 Å². The van der Waals surface area contributed by atoms with Gasteiger partial charge in [0.2, 0.25) is 5.91 Å². The number of ether oxygens (including phenoxy) is 2. The third-order valence-electron chi connectivity index (χ3n) is 6.00. The minimum atomic E-state index is -0.505. The molecule has 6 heteroatoms. The van der Waals surface area contributed by atoms with E-state index in [9.17, 15) is 9.18 Å². The van der Waals surface area contributed by atoms with Crippen LogP contribution in [0, 0.1) is 11.7 Å². The Labute approximate surface area is 147 Å². The van der Waals surface area contributed by atoms with E-state index >= 15 is 0 Å². The van der Waals surface area contributed by atoms with E-state index in [2.05, 4.69) is 18.7 Å². The monoisotopic (exact) mass is 348 g/mol. The second-order valence-electron chi connectivity index (χ2n) is 7.63. The van der Waals surface area contributed by atoms with Crippen molar-refractivity contribution in [2.24, 2.45) is 5.92 Å². The van der Waals surface area contributed by atoms with Gasteiger partial charge in [-0.05, 0) is 12.0 Å². The van der Waals surface area contributed by atoms with Crippen molar-refractivity contribution in [3.8, 4) is 5.75 Å². The first-order valence-corrected chi connectivity index (χ1v) is 8.99. The third-order valence-corrected chi connectivity index (χ3v) is 6.00. The van der Waals surface area contributed by atoms with Crippen LogP contribution in [0.2, 0.25) is 0 Å². The highest BCUT2D eigenvalue weighted by Crippen LogP contribution is 2.49. The second kappa shape index (κ2) is 5.95. The number of carbonyl (C=O) groups is 1. The summed E-state index contributed by atoms with van der Waals surface area (Å²) in [5.41, 5.74) is 0.122. The molecular weight excluding hydrogens is 323 g/mol. The van der Waals surface area contributed by atoms with E-state index in [4.69, 9.17) is 9.47 Å². The first-order chi connectivity index (χ1) is 12.0. The number of methoxy groups -OCH3 is 1. The Kier molecular flexibility index (Phi) is 4.00. The van der Waals surface area contributed by atoms with Crippen LogP contribution in [0.15, 0.2) is 18.2 Å².